The molecule has 0 aliphatic carbocycles. The van der Waals surface area contributed by atoms with Crippen LogP contribution in [0.2, 0.25) is 0 Å². The van der Waals surface area contributed by atoms with E-state index in [9.17, 15) is 19.5 Å². The van der Waals surface area contributed by atoms with Gasteiger partial charge >= 0.3 is 0 Å². The van der Waals surface area contributed by atoms with Gasteiger partial charge in [-0.25, -0.2) is 0 Å². The predicted molar refractivity (Wildman–Crippen MR) is 106 cm³/mol. The third-order valence-corrected chi connectivity index (χ3v) is 5.12. The topological polar surface area (TPSA) is 93.1 Å². The third-order valence-electron chi connectivity index (χ3n) is 5.12. The lowest BCUT2D eigenvalue weighted by Crippen LogP contribution is -2.46. The fourth-order valence-corrected chi connectivity index (χ4v) is 3.57. The molecule has 7 nitrogen and oxygen atoms in total. The van der Waals surface area contributed by atoms with E-state index < -0.39 is 0 Å². The van der Waals surface area contributed by atoms with Gasteiger partial charge in [-0.3, -0.25) is 14.4 Å². The number of benzene rings is 2. The highest BCUT2D eigenvalue weighted by Crippen LogP contribution is 2.28. The summed E-state index contributed by atoms with van der Waals surface area (Å²) in [7, 11) is 1.49. The Bertz CT molecular complexity index is 910. The van der Waals surface area contributed by atoms with E-state index in [1.165, 1.54) is 13.2 Å². The first-order valence-corrected chi connectivity index (χ1v) is 9.39. The first kappa shape index (κ1) is 20.4. The second kappa shape index (κ2) is 9.23. The van der Waals surface area contributed by atoms with E-state index in [-0.39, 0.29) is 42.2 Å². The number of nitrogens with zero attached hydrogens (tertiary/aromatic N) is 1. The molecule has 7 heteroatoms. The molecular formula is C22H23NO6. The van der Waals surface area contributed by atoms with Crippen molar-refractivity contribution in [1.82, 2.24) is 4.90 Å². The minimum Gasteiger partial charge on any atom is -0.507 e. The van der Waals surface area contributed by atoms with Crippen LogP contribution < -0.4 is 9.47 Å². The van der Waals surface area contributed by atoms with Gasteiger partial charge in [-0.2, -0.15) is 0 Å². The number of phenolic OH excluding ortho intramolecular Hbond substituents is 1. The van der Waals surface area contributed by atoms with Gasteiger partial charge in [-0.1, -0.05) is 18.2 Å². The number of rotatable bonds is 8. The maximum atomic E-state index is 12.6. The largest absolute Gasteiger partial charge is 0.507 e. The van der Waals surface area contributed by atoms with Crippen molar-refractivity contribution in [3.05, 3.63) is 53.1 Å². The van der Waals surface area contributed by atoms with Crippen molar-refractivity contribution in [3.63, 3.8) is 0 Å². The highest BCUT2D eigenvalue weighted by Gasteiger charge is 2.29. The van der Waals surface area contributed by atoms with E-state index in [1.54, 1.807) is 35.2 Å². The normalized spacial score (nSPS) is 16.4. The highest BCUT2D eigenvalue weighted by molar-refractivity contribution is 5.84. The molecule has 29 heavy (non-hydrogen) atoms. The molecular weight excluding hydrogens is 374 g/mol. The van der Waals surface area contributed by atoms with Crippen LogP contribution in [0.5, 0.6) is 17.2 Å². The Kier molecular flexibility index (Phi) is 6.49. The predicted octanol–water partition coefficient (Wildman–Crippen LogP) is 2.99. The number of carbonyl (C=O) groups is 3. The number of hydrogen-bond acceptors (Lipinski definition) is 6. The van der Waals surface area contributed by atoms with Gasteiger partial charge in [-0.15, -0.1) is 0 Å². The van der Waals surface area contributed by atoms with Crippen LogP contribution in [-0.2, 0) is 11.3 Å². The Morgan fingerprint density at radius 1 is 1.10 bits per heavy atom. The molecule has 152 valence electrons. The molecule has 1 aliphatic heterocycles. The van der Waals surface area contributed by atoms with Crippen molar-refractivity contribution in [3.8, 4) is 17.2 Å². The van der Waals surface area contributed by atoms with Crippen LogP contribution in [0.1, 0.15) is 45.5 Å². The molecule has 2 aromatic rings. The van der Waals surface area contributed by atoms with Gasteiger partial charge in [0.15, 0.2) is 12.6 Å². The minimum atomic E-state index is -0.219. The highest BCUT2D eigenvalue weighted by atomic mass is 16.5. The van der Waals surface area contributed by atoms with Gasteiger partial charge in [0.1, 0.15) is 23.9 Å². The molecule has 0 spiro atoms. The summed E-state index contributed by atoms with van der Waals surface area (Å²) in [6.45, 7) is 0.440. The molecule has 1 fully saturated rings. The van der Waals surface area contributed by atoms with Crippen LogP contribution in [0.4, 0.5) is 0 Å². The van der Waals surface area contributed by atoms with E-state index in [1.807, 2.05) is 0 Å². The number of hydrogen-bond donors (Lipinski definition) is 1. The molecule has 1 aliphatic rings. The second-order valence-electron chi connectivity index (χ2n) is 6.84. The zero-order valence-corrected chi connectivity index (χ0v) is 16.2. The number of methoxy groups -OCH3 is 1. The Morgan fingerprint density at radius 2 is 1.83 bits per heavy atom. The van der Waals surface area contributed by atoms with Gasteiger partial charge in [0.2, 0.25) is 5.91 Å². The van der Waals surface area contributed by atoms with Crippen molar-refractivity contribution in [2.75, 3.05) is 13.7 Å². The molecule has 0 radical (unpaired) electrons. The Hall–Kier alpha value is -3.35. The summed E-state index contributed by atoms with van der Waals surface area (Å²) in [5.41, 5.74) is 1.20. The van der Waals surface area contributed by atoms with Crippen LogP contribution in [0.15, 0.2) is 36.4 Å². The SMILES string of the molecule is COc1cccc(CN2C(=O)CCC[C@H]2COc2cccc(O)c2C=O)c1C=O. The lowest BCUT2D eigenvalue weighted by atomic mass is 9.99. The van der Waals surface area contributed by atoms with E-state index in [0.717, 1.165) is 19.1 Å². The number of likely N-dealkylation sites (tertiary alicyclic amines) is 1. The number of carbonyl (C=O) groups excluding carboxylic acids is 3. The molecule has 0 aromatic heterocycles. The summed E-state index contributed by atoms with van der Waals surface area (Å²) in [6.07, 6.45) is 3.19. The molecule has 0 bridgehead atoms. The summed E-state index contributed by atoms with van der Waals surface area (Å²) in [5.74, 6) is 0.565. The average molecular weight is 397 g/mol. The Labute approximate surface area is 168 Å². The molecule has 2 aromatic carbocycles. The number of aromatic hydroxyl groups is 1. The Balaban J connectivity index is 1.80. The summed E-state index contributed by atoms with van der Waals surface area (Å²) in [5, 5.41) is 9.80. The molecule has 1 amide bonds. The fraction of sp³-hybridized carbons (Fsp3) is 0.318. The lowest BCUT2D eigenvalue weighted by molar-refractivity contribution is -0.138. The fourth-order valence-electron chi connectivity index (χ4n) is 3.57. The number of phenols is 1. The van der Waals surface area contributed by atoms with Crippen LogP contribution >= 0.6 is 0 Å². The van der Waals surface area contributed by atoms with Crippen molar-refractivity contribution in [2.24, 2.45) is 0 Å². The molecule has 1 atom stereocenters. The van der Waals surface area contributed by atoms with Crippen molar-refractivity contribution >= 4 is 18.5 Å². The molecule has 1 saturated heterocycles. The van der Waals surface area contributed by atoms with Gasteiger partial charge in [0.05, 0.1) is 24.3 Å². The number of aldehydes is 2. The van der Waals surface area contributed by atoms with E-state index >= 15 is 0 Å². The smallest absolute Gasteiger partial charge is 0.223 e. The van der Waals surface area contributed by atoms with Crippen LogP contribution in [0.3, 0.4) is 0 Å². The molecule has 1 N–H and O–H groups in total. The van der Waals surface area contributed by atoms with Crippen LogP contribution in [-0.4, -0.2) is 48.2 Å². The van der Waals surface area contributed by atoms with E-state index in [0.29, 0.717) is 29.6 Å². The monoisotopic (exact) mass is 397 g/mol. The zero-order valence-electron chi connectivity index (χ0n) is 16.2. The molecule has 0 saturated carbocycles. The summed E-state index contributed by atoms with van der Waals surface area (Å²) in [4.78, 5) is 37.1. The quantitative estimate of drug-likeness (QED) is 0.689. The molecule has 3 rings (SSSR count). The number of piperidine rings is 1. The minimum absolute atomic E-state index is 0.0176. The number of ether oxygens (including phenoxy) is 2. The van der Waals surface area contributed by atoms with E-state index in [2.05, 4.69) is 0 Å². The maximum absolute atomic E-state index is 12.6. The third kappa shape index (κ3) is 4.39. The summed E-state index contributed by atoms with van der Waals surface area (Å²) >= 11 is 0. The second-order valence-corrected chi connectivity index (χ2v) is 6.84. The summed E-state index contributed by atoms with van der Waals surface area (Å²) in [6, 6.07) is 9.67. The van der Waals surface area contributed by atoms with Crippen molar-refractivity contribution in [1.29, 1.82) is 0 Å². The van der Waals surface area contributed by atoms with E-state index in [4.69, 9.17) is 9.47 Å². The van der Waals surface area contributed by atoms with Gasteiger partial charge in [-0.05, 0) is 36.6 Å². The average Bonchev–Trinajstić information content (AvgIpc) is 2.73. The maximum Gasteiger partial charge on any atom is 0.223 e. The summed E-state index contributed by atoms with van der Waals surface area (Å²) < 4.78 is 11.0. The Morgan fingerprint density at radius 3 is 2.55 bits per heavy atom. The van der Waals surface area contributed by atoms with Gasteiger partial charge < -0.3 is 19.5 Å². The van der Waals surface area contributed by atoms with Gasteiger partial charge in [0.25, 0.3) is 0 Å². The van der Waals surface area contributed by atoms with Gasteiger partial charge in [0, 0.05) is 13.0 Å². The molecule has 1 heterocycles. The van der Waals surface area contributed by atoms with Crippen molar-refractivity contribution in [2.45, 2.75) is 31.8 Å². The van der Waals surface area contributed by atoms with Crippen molar-refractivity contribution < 1.29 is 29.0 Å². The first-order valence-electron chi connectivity index (χ1n) is 9.39. The standard InChI is InChI=1S/C22H23NO6/c1-28-20-8-2-5-15(17(20)12-24)11-23-16(6-3-10-22(23)27)14-29-21-9-4-7-19(26)18(21)13-25/h2,4-5,7-9,12-13,16,26H,3,6,10-11,14H2,1H3/t16-/m0/s1. The van der Waals surface area contributed by atoms with Crippen LogP contribution in [0, 0.1) is 0 Å². The molecule has 0 unspecified atom stereocenters. The van der Waals surface area contributed by atoms with Crippen LogP contribution in [0.25, 0.3) is 0 Å². The lowest BCUT2D eigenvalue weighted by Gasteiger charge is -2.36. The first-order chi connectivity index (χ1) is 14.1. The number of amides is 1. The zero-order chi connectivity index (χ0) is 20.8.